The van der Waals surface area contributed by atoms with Crippen LogP contribution in [0.3, 0.4) is 0 Å². The van der Waals surface area contributed by atoms with Gasteiger partial charge in [0.1, 0.15) is 0 Å². The first kappa shape index (κ1) is 23.0. The summed E-state index contributed by atoms with van der Waals surface area (Å²) in [6.45, 7) is 0. The smallest absolute Gasteiger partial charge is 0.161 e. The molecule has 0 heterocycles. The Morgan fingerprint density at radius 3 is 1.17 bits per heavy atom. The molecule has 4 aromatic carbocycles. The molecule has 2 aliphatic rings. The quantitative estimate of drug-likeness (QED) is 0.183. The Hall–Kier alpha value is -2.46. The summed E-state index contributed by atoms with van der Waals surface area (Å²) in [6.07, 6.45) is 0. The average molecular weight is 688 g/mol. The molecule has 0 saturated heterocycles. The van der Waals surface area contributed by atoms with Crippen LogP contribution < -0.4 is 18.9 Å². The summed E-state index contributed by atoms with van der Waals surface area (Å²) in [5, 5.41) is 0. The van der Waals surface area contributed by atoms with E-state index >= 15 is 0 Å². The second-order valence-electron chi connectivity index (χ2n) is 8.64. The summed E-state index contributed by atoms with van der Waals surface area (Å²) in [4.78, 5) is 0. The van der Waals surface area contributed by atoms with Gasteiger partial charge in [-0.25, -0.2) is 0 Å². The first-order valence-electron chi connectivity index (χ1n) is 11.1. The van der Waals surface area contributed by atoms with E-state index < -0.39 is 5.41 Å². The number of ether oxygens (including phenoxy) is 4. The van der Waals surface area contributed by atoms with Crippen LogP contribution in [-0.2, 0) is 5.41 Å². The first-order chi connectivity index (χ1) is 17.0. The molecule has 2 aliphatic carbocycles. The van der Waals surface area contributed by atoms with E-state index in [9.17, 15) is 0 Å². The Labute approximate surface area is 231 Å². The topological polar surface area (TPSA) is 36.9 Å². The van der Waals surface area contributed by atoms with Gasteiger partial charge in [0.25, 0.3) is 0 Å². The normalized spacial score (nSPS) is 13.7. The van der Waals surface area contributed by atoms with Crippen LogP contribution in [0, 0.1) is 7.14 Å². The number of rotatable bonds is 4. The minimum Gasteiger partial charge on any atom is -0.493 e. The van der Waals surface area contributed by atoms with E-state index in [1.54, 1.807) is 28.4 Å². The fourth-order valence-electron chi connectivity index (χ4n) is 5.82. The van der Waals surface area contributed by atoms with Gasteiger partial charge in [-0.05, 0) is 138 Å². The van der Waals surface area contributed by atoms with Crippen molar-refractivity contribution < 1.29 is 18.9 Å². The molecule has 0 aromatic heterocycles. The summed E-state index contributed by atoms with van der Waals surface area (Å²) in [5.74, 6) is 2.83. The number of halogens is 2. The third-order valence-electron chi connectivity index (χ3n) is 7.21. The maximum absolute atomic E-state index is 5.80. The van der Waals surface area contributed by atoms with Crippen LogP contribution in [0.2, 0.25) is 0 Å². The lowest BCUT2D eigenvalue weighted by atomic mass is 9.70. The van der Waals surface area contributed by atoms with Crippen molar-refractivity contribution in [2.45, 2.75) is 5.41 Å². The molecule has 4 nitrogen and oxygen atoms in total. The number of hydrogen-bond donors (Lipinski definition) is 0. The number of methoxy groups -OCH3 is 4. The highest BCUT2D eigenvalue weighted by Gasteiger charge is 2.53. The molecular formula is C29H22I2O4. The van der Waals surface area contributed by atoms with Gasteiger partial charge in [0.15, 0.2) is 23.0 Å². The molecule has 4 aromatic rings. The Kier molecular flexibility index (Phi) is 5.45. The van der Waals surface area contributed by atoms with Crippen LogP contribution in [0.15, 0.2) is 60.7 Å². The molecule has 6 heteroatoms. The van der Waals surface area contributed by atoms with E-state index in [2.05, 4.69) is 106 Å². The zero-order valence-electron chi connectivity index (χ0n) is 19.7. The van der Waals surface area contributed by atoms with Gasteiger partial charge in [-0.15, -0.1) is 0 Å². The van der Waals surface area contributed by atoms with Gasteiger partial charge in [0.2, 0.25) is 0 Å². The van der Waals surface area contributed by atoms with E-state index in [0.29, 0.717) is 23.0 Å². The van der Waals surface area contributed by atoms with Crippen molar-refractivity contribution in [3.63, 3.8) is 0 Å². The van der Waals surface area contributed by atoms with E-state index in [1.807, 2.05) is 0 Å². The van der Waals surface area contributed by atoms with Crippen molar-refractivity contribution in [3.8, 4) is 45.3 Å². The molecule has 35 heavy (non-hydrogen) atoms. The number of fused-ring (bicyclic) bond motifs is 10. The highest BCUT2D eigenvalue weighted by Crippen LogP contribution is 2.65. The molecule has 0 bridgehead atoms. The Morgan fingerprint density at radius 2 is 0.800 bits per heavy atom. The maximum atomic E-state index is 5.80. The Bertz CT molecular complexity index is 1410. The van der Waals surface area contributed by atoms with E-state index in [-0.39, 0.29) is 0 Å². The Balaban J connectivity index is 1.85. The van der Waals surface area contributed by atoms with Gasteiger partial charge in [0.05, 0.1) is 33.9 Å². The molecule has 0 aliphatic heterocycles. The lowest BCUT2D eigenvalue weighted by molar-refractivity contribution is 0.354. The second kappa shape index (κ2) is 8.30. The number of benzene rings is 4. The fourth-order valence-corrected chi connectivity index (χ4v) is 6.80. The van der Waals surface area contributed by atoms with E-state index in [0.717, 1.165) is 11.1 Å². The van der Waals surface area contributed by atoms with Crippen molar-refractivity contribution in [3.05, 3.63) is 90.1 Å². The van der Waals surface area contributed by atoms with Crippen LogP contribution in [0.4, 0.5) is 0 Å². The molecule has 0 radical (unpaired) electrons. The first-order valence-corrected chi connectivity index (χ1v) is 13.3. The lowest BCUT2D eigenvalue weighted by Gasteiger charge is -2.31. The molecule has 1 spiro atoms. The summed E-state index contributed by atoms with van der Waals surface area (Å²) >= 11 is 4.82. The summed E-state index contributed by atoms with van der Waals surface area (Å²) in [5.41, 5.74) is 9.07. The van der Waals surface area contributed by atoms with Crippen LogP contribution in [0.5, 0.6) is 23.0 Å². The second-order valence-corrected chi connectivity index (χ2v) is 11.1. The van der Waals surface area contributed by atoms with Gasteiger partial charge in [-0.3, -0.25) is 0 Å². The van der Waals surface area contributed by atoms with Crippen molar-refractivity contribution in [2.75, 3.05) is 28.4 Å². The largest absolute Gasteiger partial charge is 0.493 e. The number of hydrogen-bond acceptors (Lipinski definition) is 4. The zero-order chi connectivity index (χ0) is 24.5. The van der Waals surface area contributed by atoms with Crippen molar-refractivity contribution >= 4 is 45.2 Å². The van der Waals surface area contributed by atoms with Gasteiger partial charge in [0, 0.05) is 7.14 Å². The van der Waals surface area contributed by atoms with Crippen LogP contribution in [0.1, 0.15) is 22.3 Å². The van der Waals surface area contributed by atoms with Gasteiger partial charge in [-0.1, -0.05) is 12.1 Å². The van der Waals surface area contributed by atoms with Crippen molar-refractivity contribution in [1.29, 1.82) is 0 Å². The predicted molar refractivity (Wildman–Crippen MR) is 154 cm³/mol. The monoisotopic (exact) mass is 688 g/mol. The molecule has 0 atom stereocenters. The zero-order valence-corrected chi connectivity index (χ0v) is 24.0. The van der Waals surface area contributed by atoms with Crippen LogP contribution in [-0.4, -0.2) is 28.4 Å². The molecular weight excluding hydrogens is 666 g/mol. The minimum absolute atomic E-state index is 0.517. The highest BCUT2D eigenvalue weighted by molar-refractivity contribution is 14.1. The van der Waals surface area contributed by atoms with E-state index in [1.165, 1.54) is 40.5 Å². The van der Waals surface area contributed by atoms with Gasteiger partial charge >= 0.3 is 0 Å². The molecule has 0 fully saturated rings. The average Bonchev–Trinajstić information content (AvgIpc) is 3.31. The van der Waals surface area contributed by atoms with E-state index in [4.69, 9.17) is 18.9 Å². The maximum Gasteiger partial charge on any atom is 0.161 e. The molecule has 0 saturated carbocycles. The minimum atomic E-state index is -0.517. The molecule has 0 N–H and O–H groups in total. The van der Waals surface area contributed by atoms with Crippen molar-refractivity contribution in [2.24, 2.45) is 0 Å². The molecule has 176 valence electrons. The van der Waals surface area contributed by atoms with Crippen LogP contribution >= 0.6 is 45.2 Å². The molecule has 0 unspecified atom stereocenters. The third kappa shape index (κ3) is 3.02. The summed E-state index contributed by atoms with van der Waals surface area (Å²) in [7, 11) is 6.73. The Morgan fingerprint density at radius 1 is 0.457 bits per heavy atom. The fraction of sp³-hybridized carbons (Fsp3) is 0.172. The summed E-state index contributed by atoms with van der Waals surface area (Å²) < 4.78 is 25.4. The van der Waals surface area contributed by atoms with Crippen molar-refractivity contribution in [1.82, 2.24) is 0 Å². The van der Waals surface area contributed by atoms with Gasteiger partial charge < -0.3 is 18.9 Å². The highest BCUT2D eigenvalue weighted by atomic mass is 127. The third-order valence-corrected chi connectivity index (χ3v) is 8.55. The van der Waals surface area contributed by atoms with Gasteiger partial charge in [-0.2, -0.15) is 0 Å². The standard InChI is InChI=1S/C29H22I2O4/c1-32-25-11-19-20-12-26(33-2)28(35-4)14-24(20)29(23(19)13-27(25)34-3)21-9-15(30)5-7-17(21)18-8-6-16(31)10-22(18)29/h5-14H,1-4H3. The van der Waals surface area contributed by atoms with Crippen LogP contribution in [0.25, 0.3) is 22.3 Å². The molecule has 0 amide bonds. The lowest BCUT2D eigenvalue weighted by Crippen LogP contribution is -2.26. The molecule has 6 rings (SSSR count). The predicted octanol–water partition coefficient (Wildman–Crippen LogP) is 7.27. The summed E-state index contributed by atoms with van der Waals surface area (Å²) in [6, 6.07) is 22.0. The SMILES string of the molecule is COc1cc2c(cc1OC)C1(c3cc(I)ccc3-c3ccc(I)cc31)c1cc(OC)c(OC)cc1-2.